The minimum absolute atomic E-state index is 0.0631. The van der Waals surface area contributed by atoms with Crippen molar-refractivity contribution >= 4 is 17.9 Å². The summed E-state index contributed by atoms with van der Waals surface area (Å²) in [6, 6.07) is 0. The van der Waals surface area contributed by atoms with E-state index in [1.54, 1.807) is 0 Å². The molecule has 6 nitrogen and oxygen atoms in total. The molecule has 0 aromatic heterocycles. The van der Waals surface area contributed by atoms with Gasteiger partial charge in [0.2, 0.25) is 0 Å². The molecule has 0 amide bonds. The lowest BCUT2D eigenvalue weighted by Gasteiger charge is -2.18. The predicted octanol–water partition coefficient (Wildman–Crippen LogP) is 26.3. The second kappa shape index (κ2) is 72.6. The monoisotopic (exact) mass is 1170 g/mol. The zero-order valence-electron chi connectivity index (χ0n) is 56.8. The van der Waals surface area contributed by atoms with E-state index in [4.69, 9.17) is 14.2 Å². The van der Waals surface area contributed by atoms with Gasteiger partial charge in [-0.25, -0.2) is 0 Å². The van der Waals surface area contributed by atoms with E-state index in [9.17, 15) is 14.4 Å². The van der Waals surface area contributed by atoms with Crippen molar-refractivity contribution in [3.05, 3.63) is 12.2 Å². The SMILES string of the molecule is CCCCCCCCCC/C=C\CCCCCCCCCCCCCCCCCC(=O)OC(COC(=O)CCCCCCCCC)COC(=O)CCCCCCCCCCCCCCCCCCCCCCCCCCCCCCCCC. The Balaban J connectivity index is 3.95. The van der Waals surface area contributed by atoms with Gasteiger partial charge in [-0.3, -0.25) is 14.4 Å². The number of allylic oxidation sites excluding steroid dienone is 2. The van der Waals surface area contributed by atoms with E-state index in [0.717, 1.165) is 57.8 Å². The predicted molar refractivity (Wildman–Crippen MR) is 363 cm³/mol. The Morgan fingerprint density at radius 1 is 0.229 bits per heavy atom. The number of hydrogen-bond acceptors (Lipinski definition) is 6. The van der Waals surface area contributed by atoms with Crippen LogP contribution in [-0.2, 0) is 28.6 Å². The highest BCUT2D eigenvalue weighted by Crippen LogP contribution is 2.20. The number of carbonyl (C=O) groups is 3. The van der Waals surface area contributed by atoms with E-state index < -0.39 is 6.10 Å². The van der Waals surface area contributed by atoms with E-state index in [-0.39, 0.29) is 31.1 Å². The Morgan fingerprint density at radius 2 is 0.398 bits per heavy atom. The first-order valence-electron chi connectivity index (χ1n) is 38.2. The molecular weight excluding hydrogens is 1020 g/mol. The molecule has 0 spiro atoms. The molecule has 0 radical (unpaired) electrons. The van der Waals surface area contributed by atoms with Crippen molar-refractivity contribution in [2.75, 3.05) is 13.2 Å². The molecule has 6 heteroatoms. The number of ether oxygens (including phenoxy) is 3. The maximum atomic E-state index is 12.9. The van der Waals surface area contributed by atoms with Crippen LogP contribution >= 0.6 is 0 Å². The molecule has 0 fully saturated rings. The fourth-order valence-electron chi connectivity index (χ4n) is 12.0. The summed E-state index contributed by atoms with van der Waals surface area (Å²) in [5.41, 5.74) is 0. The van der Waals surface area contributed by atoms with E-state index in [1.165, 1.54) is 347 Å². The molecule has 0 bridgehead atoms. The highest BCUT2D eigenvalue weighted by Gasteiger charge is 2.20. The average Bonchev–Trinajstić information content (AvgIpc) is 3.49. The van der Waals surface area contributed by atoms with Crippen molar-refractivity contribution in [1.29, 1.82) is 0 Å². The summed E-state index contributed by atoms with van der Waals surface area (Å²) < 4.78 is 16.9. The van der Waals surface area contributed by atoms with Crippen LogP contribution in [0.3, 0.4) is 0 Å². The molecule has 0 saturated carbocycles. The highest BCUT2D eigenvalue weighted by atomic mass is 16.6. The van der Waals surface area contributed by atoms with Crippen molar-refractivity contribution in [2.45, 2.75) is 451 Å². The van der Waals surface area contributed by atoms with Gasteiger partial charge in [-0.2, -0.15) is 0 Å². The molecule has 0 heterocycles. The maximum absolute atomic E-state index is 12.9. The zero-order chi connectivity index (χ0) is 59.9. The Morgan fingerprint density at radius 3 is 0.602 bits per heavy atom. The summed E-state index contributed by atoms with van der Waals surface area (Å²) in [6.45, 7) is 6.69. The third-order valence-electron chi connectivity index (χ3n) is 17.8. The first kappa shape index (κ1) is 81.2. The van der Waals surface area contributed by atoms with Gasteiger partial charge >= 0.3 is 17.9 Å². The highest BCUT2D eigenvalue weighted by molar-refractivity contribution is 5.71. The Hall–Kier alpha value is -1.85. The van der Waals surface area contributed by atoms with Gasteiger partial charge in [-0.15, -0.1) is 0 Å². The number of hydrogen-bond donors (Lipinski definition) is 0. The first-order chi connectivity index (χ1) is 41.0. The summed E-state index contributed by atoms with van der Waals surface area (Å²) in [5, 5.41) is 0. The van der Waals surface area contributed by atoms with E-state index in [2.05, 4.69) is 32.9 Å². The molecule has 83 heavy (non-hydrogen) atoms. The molecule has 1 unspecified atom stereocenters. The Bertz CT molecular complexity index is 1300. The van der Waals surface area contributed by atoms with Crippen molar-refractivity contribution in [2.24, 2.45) is 0 Å². The second-order valence-electron chi connectivity index (χ2n) is 26.3. The molecular formula is C77H148O6. The van der Waals surface area contributed by atoms with Crippen molar-refractivity contribution in [3.63, 3.8) is 0 Å². The zero-order valence-corrected chi connectivity index (χ0v) is 56.8. The third kappa shape index (κ3) is 70.8. The van der Waals surface area contributed by atoms with Gasteiger partial charge in [0.15, 0.2) is 6.10 Å². The van der Waals surface area contributed by atoms with Crippen LogP contribution in [0.25, 0.3) is 0 Å². The Labute approximate surface area is 520 Å². The van der Waals surface area contributed by atoms with Crippen molar-refractivity contribution in [3.8, 4) is 0 Å². The molecule has 0 aliphatic carbocycles. The van der Waals surface area contributed by atoms with Gasteiger partial charge < -0.3 is 14.2 Å². The van der Waals surface area contributed by atoms with Crippen LogP contribution in [0.1, 0.15) is 445 Å². The molecule has 0 aromatic carbocycles. The summed E-state index contributed by atoms with van der Waals surface area (Å²) in [5.74, 6) is -0.835. The largest absolute Gasteiger partial charge is 0.462 e. The maximum Gasteiger partial charge on any atom is 0.306 e. The number of esters is 3. The first-order valence-corrected chi connectivity index (χ1v) is 38.2. The van der Waals surface area contributed by atoms with E-state index >= 15 is 0 Å². The van der Waals surface area contributed by atoms with Crippen LogP contribution in [0.15, 0.2) is 12.2 Å². The van der Waals surface area contributed by atoms with Crippen LogP contribution in [0.4, 0.5) is 0 Å². The standard InChI is InChI=1S/C77H148O6/c1-4-7-10-13-16-18-20-22-24-26-28-30-32-34-36-37-38-39-41-42-44-46-48-50-52-54-56-58-61-64-67-70-76(79)82-73-74(72-81-75(78)69-66-63-60-15-12-9-6-3)83-77(80)71-68-65-62-59-57-55-53-51-49-47-45-43-40-35-33-31-29-27-25-23-21-19-17-14-11-8-5-2/h27,29,74H,4-26,28,30-73H2,1-3H3/b29-27-. The van der Waals surface area contributed by atoms with E-state index in [0.29, 0.717) is 19.3 Å². The molecule has 0 aromatic rings. The fourth-order valence-corrected chi connectivity index (χ4v) is 12.0. The lowest BCUT2D eigenvalue weighted by molar-refractivity contribution is -0.167. The summed E-state index contributed by atoms with van der Waals surface area (Å²) in [7, 11) is 0. The quantitative estimate of drug-likeness (QED) is 0.0261. The minimum Gasteiger partial charge on any atom is -0.462 e. The fraction of sp³-hybridized carbons (Fsp3) is 0.935. The van der Waals surface area contributed by atoms with E-state index in [1.807, 2.05) is 0 Å². The normalized spacial score (nSPS) is 12.0. The van der Waals surface area contributed by atoms with Gasteiger partial charge in [0, 0.05) is 19.3 Å². The van der Waals surface area contributed by atoms with Gasteiger partial charge in [0.25, 0.3) is 0 Å². The number of rotatable bonds is 72. The minimum atomic E-state index is -0.764. The summed E-state index contributed by atoms with van der Waals surface area (Å²) in [4.78, 5) is 38.2. The summed E-state index contributed by atoms with van der Waals surface area (Å²) in [6.07, 6.45) is 88.8. The smallest absolute Gasteiger partial charge is 0.306 e. The van der Waals surface area contributed by atoms with Crippen LogP contribution < -0.4 is 0 Å². The van der Waals surface area contributed by atoms with Crippen LogP contribution in [0.5, 0.6) is 0 Å². The van der Waals surface area contributed by atoms with Gasteiger partial charge in [0.1, 0.15) is 13.2 Å². The van der Waals surface area contributed by atoms with Gasteiger partial charge in [-0.1, -0.05) is 392 Å². The molecule has 1 atom stereocenters. The Kier molecular flexibility index (Phi) is 71.0. The molecule has 0 N–H and O–H groups in total. The second-order valence-corrected chi connectivity index (χ2v) is 26.3. The van der Waals surface area contributed by atoms with Crippen LogP contribution in [-0.4, -0.2) is 37.2 Å². The van der Waals surface area contributed by atoms with Crippen molar-refractivity contribution < 1.29 is 28.6 Å². The average molecular weight is 1170 g/mol. The lowest BCUT2D eigenvalue weighted by atomic mass is 10.0. The van der Waals surface area contributed by atoms with Crippen LogP contribution in [0, 0.1) is 0 Å². The summed E-state index contributed by atoms with van der Waals surface area (Å²) >= 11 is 0. The topological polar surface area (TPSA) is 78.9 Å². The third-order valence-corrected chi connectivity index (χ3v) is 17.8. The molecule has 0 aliphatic rings. The van der Waals surface area contributed by atoms with Crippen molar-refractivity contribution in [1.82, 2.24) is 0 Å². The van der Waals surface area contributed by atoms with Gasteiger partial charge in [-0.05, 0) is 44.9 Å². The lowest BCUT2D eigenvalue weighted by Crippen LogP contribution is -2.30. The molecule has 492 valence electrons. The molecule has 0 aliphatic heterocycles. The van der Waals surface area contributed by atoms with Gasteiger partial charge in [0.05, 0.1) is 0 Å². The van der Waals surface area contributed by atoms with Crippen LogP contribution in [0.2, 0.25) is 0 Å². The molecule has 0 saturated heterocycles. The number of carbonyl (C=O) groups excluding carboxylic acids is 3. The molecule has 0 rings (SSSR count). The number of unbranched alkanes of at least 4 members (excludes halogenated alkanes) is 59.